The highest BCUT2D eigenvalue weighted by atomic mass is 15.2. The summed E-state index contributed by atoms with van der Waals surface area (Å²) in [5.74, 6) is 0.808. The normalized spacial score (nSPS) is 29.5. The molecule has 2 atom stereocenters. The first-order valence-electron chi connectivity index (χ1n) is 6.09. The summed E-state index contributed by atoms with van der Waals surface area (Å²) in [6, 6.07) is 10.5. The van der Waals surface area contributed by atoms with Gasteiger partial charge in [-0.3, -0.25) is 4.90 Å². The fraction of sp³-hybridized carbons (Fsp3) is 0.571. The molecule has 0 saturated carbocycles. The van der Waals surface area contributed by atoms with Crippen LogP contribution >= 0.6 is 0 Å². The van der Waals surface area contributed by atoms with E-state index in [0.29, 0.717) is 6.04 Å². The second-order valence-electron chi connectivity index (χ2n) is 5.28. The molecule has 1 aromatic carbocycles. The molecular weight excluding hydrogens is 182 g/mol. The summed E-state index contributed by atoms with van der Waals surface area (Å²) in [6.07, 6.45) is 2.65. The van der Waals surface area contributed by atoms with Gasteiger partial charge in [0, 0.05) is 18.6 Å². The van der Waals surface area contributed by atoms with Gasteiger partial charge in [-0.1, -0.05) is 24.3 Å². The van der Waals surface area contributed by atoms with Gasteiger partial charge < -0.3 is 0 Å². The van der Waals surface area contributed by atoms with E-state index < -0.39 is 0 Å². The highest BCUT2D eigenvalue weighted by Gasteiger charge is 2.38. The van der Waals surface area contributed by atoms with Gasteiger partial charge in [-0.25, -0.2) is 0 Å². The molecule has 2 aliphatic rings. The molecule has 0 N–H and O–H groups in total. The quantitative estimate of drug-likeness (QED) is 0.675. The Hall–Kier alpha value is -0.820. The number of hydrogen-bond donors (Lipinski definition) is 0. The van der Waals surface area contributed by atoms with Crippen LogP contribution in [0.15, 0.2) is 24.3 Å². The lowest BCUT2D eigenvalue weighted by molar-refractivity contribution is 0.204. The molecule has 0 radical (unpaired) electrons. The molecule has 0 spiro atoms. The fourth-order valence-corrected chi connectivity index (χ4v) is 3.37. The number of nitrogens with zero attached hydrogens (tertiary/aromatic N) is 1. The molecule has 1 fully saturated rings. The first kappa shape index (κ1) is 9.41. The van der Waals surface area contributed by atoms with E-state index in [1.807, 2.05) is 0 Å². The standard InChI is InChI=1S/C14H19N/c1-10(2)15-9-12-8-13(15)7-11-5-3-4-6-14(11)12/h3-6,10,12-13H,7-9H2,1-2H3. The molecule has 2 bridgehead atoms. The molecule has 1 heterocycles. The summed E-state index contributed by atoms with van der Waals surface area (Å²) in [7, 11) is 0. The highest BCUT2D eigenvalue weighted by Crippen LogP contribution is 2.40. The largest absolute Gasteiger partial charge is 0.297 e. The van der Waals surface area contributed by atoms with E-state index >= 15 is 0 Å². The SMILES string of the molecule is CC(C)N1CC2CC1Cc1ccccc12. The number of likely N-dealkylation sites (tertiary alicyclic amines) is 1. The minimum absolute atomic E-state index is 0.703. The molecule has 0 amide bonds. The number of rotatable bonds is 1. The van der Waals surface area contributed by atoms with E-state index in [1.165, 1.54) is 19.4 Å². The Labute approximate surface area is 92.1 Å². The maximum Gasteiger partial charge on any atom is 0.0145 e. The lowest BCUT2D eigenvalue weighted by atomic mass is 9.84. The first-order chi connectivity index (χ1) is 7.25. The molecule has 2 unspecified atom stereocenters. The Bertz CT molecular complexity index is 369. The van der Waals surface area contributed by atoms with Crippen LogP contribution in [-0.4, -0.2) is 23.5 Å². The Balaban J connectivity index is 1.95. The molecule has 15 heavy (non-hydrogen) atoms. The van der Waals surface area contributed by atoms with Crippen molar-refractivity contribution in [1.82, 2.24) is 4.90 Å². The van der Waals surface area contributed by atoms with Crippen molar-refractivity contribution in [3.63, 3.8) is 0 Å². The zero-order valence-corrected chi connectivity index (χ0v) is 9.61. The summed E-state index contributed by atoms with van der Waals surface area (Å²) >= 11 is 0. The van der Waals surface area contributed by atoms with Gasteiger partial charge in [-0.05, 0) is 43.7 Å². The Morgan fingerprint density at radius 3 is 2.87 bits per heavy atom. The van der Waals surface area contributed by atoms with Crippen LogP contribution in [0.3, 0.4) is 0 Å². The predicted molar refractivity (Wildman–Crippen MR) is 63.1 cm³/mol. The maximum atomic E-state index is 2.69. The molecular formula is C14H19N. The molecule has 1 aliphatic heterocycles. The maximum absolute atomic E-state index is 2.69. The van der Waals surface area contributed by atoms with Gasteiger partial charge in [0.15, 0.2) is 0 Å². The Morgan fingerprint density at radius 1 is 1.27 bits per heavy atom. The minimum Gasteiger partial charge on any atom is -0.297 e. The molecule has 80 valence electrons. The average molecular weight is 201 g/mol. The summed E-state index contributed by atoms with van der Waals surface area (Å²) in [4.78, 5) is 2.69. The third kappa shape index (κ3) is 1.41. The molecule has 1 aliphatic carbocycles. The van der Waals surface area contributed by atoms with Crippen molar-refractivity contribution in [2.75, 3.05) is 6.54 Å². The van der Waals surface area contributed by atoms with Gasteiger partial charge in [0.1, 0.15) is 0 Å². The monoisotopic (exact) mass is 201 g/mol. The van der Waals surface area contributed by atoms with Crippen LogP contribution in [0.5, 0.6) is 0 Å². The molecule has 1 nitrogen and oxygen atoms in total. The smallest absolute Gasteiger partial charge is 0.0145 e. The van der Waals surface area contributed by atoms with E-state index in [2.05, 4.69) is 43.0 Å². The molecule has 0 aromatic heterocycles. The Morgan fingerprint density at radius 2 is 2.07 bits per heavy atom. The molecule has 3 rings (SSSR count). The van der Waals surface area contributed by atoms with Gasteiger partial charge in [0.25, 0.3) is 0 Å². The third-order valence-electron chi connectivity index (χ3n) is 4.07. The predicted octanol–water partition coefficient (Wildman–Crippen LogP) is 2.81. The van der Waals surface area contributed by atoms with E-state index in [1.54, 1.807) is 11.1 Å². The number of hydrogen-bond acceptors (Lipinski definition) is 1. The summed E-state index contributed by atoms with van der Waals surface area (Å²) in [5.41, 5.74) is 3.22. The summed E-state index contributed by atoms with van der Waals surface area (Å²) < 4.78 is 0. The first-order valence-corrected chi connectivity index (χ1v) is 6.09. The summed E-state index contributed by atoms with van der Waals surface area (Å²) in [6.45, 7) is 5.93. The van der Waals surface area contributed by atoms with Crippen molar-refractivity contribution in [3.05, 3.63) is 35.4 Å². The lowest BCUT2D eigenvalue weighted by Gasteiger charge is -2.28. The van der Waals surface area contributed by atoms with Gasteiger partial charge in [0.05, 0.1) is 0 Å². The lowest BCUT2D eigenvalue weighted by Crippen LogP contribution is -2.36. The second kappa shape index (κ2) is 3.34. The van der Waals surface area contributed by atoms with Crippen LogP contribution in [0.25, 0.3) is 0 Å². The third-order valence-corrected chi connectivity index (χ3v) is 4.07. The van der Waals surface area contributed by atoms with Crippen molar-refractivity contribution in [2.45, 2.75) is 44.7 Å². The Kier molecular flexibility index (Phi) is 2.10. The number of benzene rings is 1. The molecule has 1 saturated heterocycles. The van der Waals surface area contributed by atoms with Crippen molar-refractivity contribution >= 4 is 0 Å². The van der Waals surface area contributed by atoms with Gasteiger partial charge in [-0.2, -0.15) is 0 Å². The number of fused-ring (bicyclic) bond motifs is 4. The van der Waals surface area contributed by atoms with Crippen LogP contribution in [0.2, 0.25) is 0 Å². The average Bonchev–Trinajstić information content (AvgIpc) is 2.57. The van der Waals surface area contributed by atoms with Crippen LogP contribution in [0.4, 0.5) is 0 Å². The summed E-state index contributed by atoms with van der Waals surface area (Å²) in [5, 5.41) is 0. The van der Waals surface area contributed by atoms with Crippen molar-refractivity contribution in [1.29, 1.82) is 0 Å². The zero-order valence-electron chi connectivity index (χ0n) is 9.61. The van der Waals surface area contributed by atoms with Gasteiger partial charge in [0.2, 0.25) is 0 Å². The fourth-order valence-electron chi connectivity index (χ4n) is 3.37. The van der Waals surface area contributed by atoms with E-state index in [9.17, 15) is 0 Å². The molecule has 1 heteroatoms. The van der Waals surface area contributed by atoms with E-state index in [0.717, 1.165) is 12.0 Å². The molecule has 1 aromatic rings. The second-order valence-corrected chi connectivity index (χ2v) is 5.28. The van der Waals surface area contributed by atoms with Crippen LogP contribution in [0.1, 0.15) is 37.3 Å². The van der Waals surface area contributed by atoms with Crippen LogP contribution in [0, 0.1) is 0 Å². The van der Waals surface area contributed by atoms with E-state index in [4.69, 9.17) is 0 Å². The van der Waals surface area contributed by atoms with Crippen molar-refractivity contribution in [2.24, 2.45) is 0 Å². The minimum atomic E-state index is 0.703. The van der Waals surface area contributed by atoms with Gasteiger partial charge in [-0.15, -0.1) is 0 Å². The van der Waals surface area contributed by atoms with Crippen molar-refractivity contribution < 1.29 is 0 Å². The highest BCUT2D eigenvalue weighted by molar-refractivity contribution is 5.36. The topological polar surface area (TPSA) is 3.24 Å². The van der Waals surface area contributed by atoms with Gasteiger partial charge >= 0.3 is 0 Å². The van der Waals surface area contributed by atoms with E-state index in [-0.39, 0.29) is 0 Å². The van der Waals surface area contributed by atoms with Crippen molar-refractivity contribution in [3.8, 4) is 0 Å². The van der Waals surface area contributed by atoms with Crippen LogP contribution < -0.4 is 0 Å². The van der Waals surface area contributed by atoms with Crippen LogP contribution in [-0.2, 0) is 6.42 Å². The zero-order chi connectivity index (χ0) is 10.4.